The van der Waals surface area contributed by atoms with Gasteiger partial charge in [0.15, 0.2) is 0 Å². The highest BCUT2D eigenvalue weighted by atomic mass is 35.5. The quantitative estimate of drug-likeness (QED) is 0.913. The maximum Gasteiger partial charge on any atom is 0.239 e. The summed E-state index contributed by atoms with van der Waals surface area (Å²) < 4.78 is 0. The average molecular weight is 324 g/mol. The molecule has 0 aliphatic rings. The molecular weight excluding hydrogens is 309 g/mol. The second-order valence-corrected chi connectivity index (χ2v) is 6.14. The third-order valence-corrected chi connectivity index (χ3v) is 3.75. The molecule has 1 aromatic rings. The summed E-state index contributed by atoms with van der Waals surface area (Å²) >= 11 is 11.9. The zero-order valence-corrected chi connectivity index (χ0v) is 13.5. The largest absolute Gasteiger partial charge is 0.348 e. The Morgan fingerprint density at radius 3 is 2.43 bits per heavy atom. The fourth-order valence-electron chi connectivity index (χ4n) is 1.84. The summed E-state index contributed by atoms with van der Waals surface area (Å²) in [5, 5.41) is 21.8. The molecule has 4 nitrogen and oxygen atoms in total. The van der Waals surface area contributed by atoms with E-state index in [1.165, 1.54) is 0 Å². The molecule has 1 N–H and O–H groups in total. The molecule has 21 heavy (non-hydrogen) atoms. The molecule has 0 saturated carbocycles. The Hall–Kier alpha value is -1.75. The van der Waals surface area contributed by atoms with Gasteiger partial charge in [-0.05, 0) is 38.5 Å². The number of hydrogen-bond acceptors (Lipinski definition) is 3. The Labute approximate surface area is 134 Å². The van der Waals surface area contributed by atoms with Crippen molar-refractivity contribution < 1.29 is 4.79 Å². The first-order valence-electron chi connectivity index (χ1n) is 6.29. The first-order valence-corrected chi connectivity index (χ1v) is 7.04. The monoisotopic (exact) mass is 323 g/mol. The molecule has 2 atom stereocenters. The van der Waals surface area contributed by atoms with E-state index in [2.05, 4.69) is 5.32 Å². The van der Waals surface area contributed by atoms with Crippen LogP contribution in [0.3, 0.4) is 0 Å². The molecule has 0 fully saturated rings. The first kappa shape index (κ1) is 17.3. The van der Waals surface area contributed by atoms with E-state index in [1.54, 1.807) is 39.0 Å². The molecule has 0 bridgehead atoms. The van der Waals surface area contributed by atoms with Gasteiger partial charge in [0.2, 0.25) is 5.91 Å². The van der Waals surface area contributed by atoms with Gasteiger partial charge >= 0.3 is 0 Å². The Kier molecular flexibility index (Phi) is 5.61. The van der Waals surface area contributed by atoms with E-state index in [-0.39, 0.29) is 0 Å². The molecule has 6 heteroatoms. The van der Waals surface area contributed by atoms with Gasteiger partial charge in [0.05, 0.1) is 23.6 Å². The lowest BCUT2D eigenvalue weighted by Crippen LogP contribution is -2.39. The van der Waals surface area contributed by atoms with Gasteiger partial charge in [-0.1, -0.05) is 29.3 Å². The van der Waals surface area contributed by atoms with Gasteiger partial charge in [0.25, 0.3) is 0 Å². The minimum Gasteiger partial charge on any atom is -0.348 e. The second-order valence-electron chi connectivity index (χ2n) is 5.29. The smallest absolute Gasteiger partial charge is 0.239 e. The van der Waals surface area contributed by atoms with E-state index < -0.39 is 23.3 Å². The van der Waals surface area contributed by atoms with E-state index in [4.69, 9.17) is 33.7 Å². The van der Waals surface area contributed by atoms with Crippen LogP contribution in [0.1, 0.15) is 32.4 Å². The SMILES string of the molecule is CC(NC(=O)C(C#N)C(C)(C)C#N)c1ccc(Cl)cc1Cl. The van der Waals surface area contributed by atoms with Gasteiger partial charge in [0.1, 0.15) is 5.92 Å². The van der Waals surface area contributed by atoms with Gasteiger partial charge < -0.3 is 5.32 Å². The highest BCUT2D eigenvalue weighted by molar-refractivity contribution is 6.35. The number of nitrogens with zero attached hydrogens (tertiary/aromatic N) is 2. The molecule has 0 aromatic heterocycles. The molecule has 110 valence electrons. The molecule has 1 amide bonds. The first-order chi connectivity index (χ1) is 9.72. The number of hydrogen-bond donors (Lipinski definition) is 1. The lowest BCUT2D eigenvalue weighted by Gasteiger charge is -2.23. The Morgan fingerprint density at radius 2 is 1.95 bits per heavy atom. The number of nitrogens with one attached hydrogen (secondary N) is 1. The number of rotatable bonds is 4. The zero-order valence-electron chi connectivity index (χ0n) is 11.9. The van der Waals surface area contributed by atoms with Crippen molar-refractivity contribution in [3.63, 3.8) is 0 Å². The van der Waals surface area contributed by atoms with Gasteiger partial charge in [-0.25, -0.2) is 0 Å². The summed E-state index contributed by atoms with van der Waals surface area (Å²) in [4.78, 5) is 12.2. The molecule has 0 heterocycles. The number of benzene rings is 1. The third-order valence-electron chi connectivity index (χ3n) is 3.19. The summed E-state index contributed by atoms with van der Waals surface area (Å²) in [6, 6.07) is 8.44. The Bertz CT molecular complexity index is 629. The van der Waals surface area contributed by atoms with Crippen LogP contribution in [0.5, 0.6) is 0 Å². The van der Waals surface area contributed by atoms with E-state index in [1.807, 2.05) is 12.1 Å². The minimum atomic E-state index is -1.07. The lowest BCUT2D eigenvalue weighted by molar-refractivity contribution is -0.126. The minimum absolute atomic E-state index is 0.396. The van der Waals surface area contributed by atoms with Crippen molar-refractivity contribution in [1.29, 1.82) is 10.5 Å². The fourth-order valence-corrected chi connectivity index (χ4v) is 2.41. The zero-order chi connectivity index (χ0) is 16.2. The van der Waals surface area contributed by atoms with Gasteiger partial charge in [0, 0.05) is 10.0 Å². The van der Waals surface area contributed by atoms with Crippen LogP contribution < -0.4 is 5.32 Å². The normalized spacial score (nSPS) is 13.7. The maximum absolute atomic E-state index is 12.2. The van der Waals surface area contributed by atoms with Crippen LogP contribution in [0.25, 0.3) is 0 Å². The van der Waals surface area contributed by atoms with Crippen molar-refractivity contribution >= 4 is 29.1 Å². The summed E-state index contributed by atoms with van der Waals surface area (Å²) in [6.07, 6.45) is 0. The molecule has 0 spiro atoms. The highest BCUT2D eigenvalue weighted by Gasteiger charge is 2.36. The summed E-state index contributed by atoms with van der Waals surface area (Å²) in [7, 11) is 0. The number of carbonyl (C=O) groups is 1. The second kappa shape index (κ2) is 6.80. The van der Waals surface area contributed by atoms with E-state index in [9.17, 15) is 4.79 Å². The molecule has 0 saturated heterocycles. The molecule has 1 aromatic carbocycles. The van der Waals surface area contributed by atoms with Crippen molar-refractivity contribution in [2.45, 2.75) is 26.8 Å². The molecule has 0 aliphatic carbocycles. The van der Waals surface area contributed by atoms with Crippen LogP contribution in [0.15, 0.2) is 18.2 Å². The molecule has 1 rings (SSSR count). The summed E-state index contributed by atoms with van der Waals surface area (Å²) in [5.41, 5.74) is -0.372. The standard InChI is InChI=1S/C15H15Cl2N3O/c1-9(11-5-4-10(16)6-13(11)17)20-14(21)12(7-18)15(2,3)8-19/h4-6,9,12H,1-3H3,(H,20,21). The van der Waals surface area contributed by atoms with Crippen molar-refractivity contribution in [2.24, 2.45) is 11.3 Å². The van der Waals surface area contributed by atoms with E-state index in [0.717, 1.165) is 0 Å². The molecule has 2 unspecified atom stereocenters. The third kappa shape index (κ3) is 4.11. The Morgan fingerprint density at radius 1 is 1.33 bits per heavy atom. The van der Waals surface area contributed by atoms with Crippen LogP contribution in [0.4, 0.5) is 0 Å². The van der Waals surface area contributed by atoms with Crippen LogP contribution in [0, 0.1) is 34.0 Å². The van der Waals surface area contributed by atoms with Gasteiger partial charge in [-0.3, -0.25) is 4.79 Å². The number of halogens is 2. The van der Waals surface area contributed by atoms with Crippen LogP contribution in [-0.2, 0) is 4.79 Å². The van der Waals surface area contributed by atoms with E-state index >= 15 is 0 Å². The topological polar surface area (TPSA) is 76.7 Å². The van der Waals surface area contributed by atoms with Gasteiger partial charge in [-0.2, -0.15) is 10.5 Å². The van der Waals surface area contributed by atoms with Crippen LogP contribution >= 0.6 is 23.2 Å². The number of nitriles is 2. The lowest BCUT2D eigenvalue weighted by atomic mass is 9.80. The van der Waals surface area contributed by atoms with Crippen molar-refractivity contribution in [2.75, 3.05) is 0 Å². The molecule has 0 radical (unpaired) electrons. The van der Waals surface area contributed by atoms with Crippen LogP contribution in [0.2, 0.25) is 10.0 Å². The summed E-state index contributed by atoms with van der Waals surface area (Å²) in [5.74, 6) is -1.56. The number of amides is 1. The van der Waals surface area contributed by atoms with Crippen molar-refractivity contribution in [1.82, 2.24) is 5.32 Å². The summed E-state index contributed by atoms with van der Waals surface area (Å²) in [6.45, 7) is 4.86. The van der Waals surface area contributed by atoms with E-state index in [0.29, 0.717) is 15.6 Å². The fraction of sp³-hybridized carbons (Fsp3) is 0.400. The van der Waals surface area contributed by atoms with Gasteiger partial charge in [-0.15, -0.1) is 0 Å². The molecule has 0 aliphatic heterocycles. The average Bonchev–Trinajstić information content (AvgIpc) is 2.38. The highest BCUT2D eigenvalue weighted by Crippen LogP contribution is 2.29. The molecular formula is C15H15Cl2N3O. The predicted octanol–water partition coefficient (Wildman–Crippen LogP) is 3.86. The van der Waals surface area contributed by atoms with Crippen molar-refractivity contribution in [3.8, 4) is 12.1 Å². The van der Waals surface area contributed by atoms with Crippen LogP contribution in [-0.4, -0.2) is 5.91 Å². The maximum atomic E-state index is 12.2. The number of carbonyl (C=O) groups excluding carboxylic acids is 1. The van der Waals surface area contributed by atoms with Crippen molar-refractivity contribution in [3.05, 3.63) is 33.8 Å². The predicted molar refractivity (Wildman–Crippen MR) is 81.5 cm³/mol. The Balaban J connectivity index is 2.93.